The second-order valence-corrected chi connectivity index (χ2v) is 6.50. The Morgan fingerprint density at radius 1 is 1.33 bits per heavy atom. The highest BCUT2D eigenvalue weighted by Gasteiger charge is 2.21. The molecule has 0 radical (unpaired) electrons. The summed E-state index contributed by atoms with van der Waals surface area (Å²) in [6.45, 7) is 10.8. The van der Waals surface area contributed by atoms with E-state index in [1.165, 1.54) is 19.5 Å². The lowest BCUT2D eigenvalue weighted by Gasteiger charge is -2.34. The Kier molecular flexibility index (Phi) is 5.74. The number of amides is 1. The molecule has 2 rings (SSSR count). The van der Waals surface area contributed by atoms with Gasteiger partial charge in [-0.2, -0.15) is 0 Å². The van der Waals surface area contributed by atoms with E-state index in [-0.39, 0.29) is 5.91 Å². The summed E-state index contributed by atoms with van der Waals surface area (Å²) < 4.78 is 0. The average Bonchev–Trinajstić information content (AvgIpc) is 2.43. The van der Waals surface area contributed by atoms with Crippen LogP contribution in [0.25, 0.3) is 0 Å². The van der Waals surface area contributed by atoms with Crippen molar-refractivity contribution in [2.75, 3.05) is 26.2 Å². The van der Waals surface area contributed by atoms with E-state index in [1.54, 1.807) is 6.20 Å². The van der Waals surface area contributed by atoms with Gasteiger partial charge in [0.25, 0.3) is 5.91 Å². The van der Waals surface area contributed by atoms with Crippen molar-refractivity contribution in [3.63, 3.8) is 0 Å². The number of carbonyl (C=O) groups excluding carboxylic acids is 1. The average molecular weight is 289 g/mol. The first kappa shape index (κ1) is 16.0. The lowest BCUT2D eigenvalue weighted by Crippen LogP contribution is -2.40. The highest BCUT2D eigenvalue weighted by molar-refractivity contribution is 5.93. The monoisotopic (exact) mass is 289 g/mol. The molecule has 0 aromatic carbocycles. The molecule has 4 heteroatoms. The second-order valence-electron chi connectivity index (χ2n) is 6.50. The van der Waals surface area contributed by atoms with E-state index in [0.29, 0.717) is 5.56 Å². The van der Waals surface area contributed by atoms with Crippen molar-refractivity contribution in [2.24, 2.45) is 11.8 Å². The first-order valence-corrected chi connectivity index (χ1v) is 7.98. The minimum atomic E-state index is -0.0251. The summed E-state index contributed by atoms with van der Waals surface area (Å²) in [6, 6.07) is 3.69. The van der Waals surface area contributed by atoms with Gasteiger partial charge in [0.1, 0.15) is 0 Å². The van der Waals surface area contributed by atoms with Gasteiger partial charge in [-0.3, -0.25) is 9.78 Å². The number of likely N-dealkylation sites (tertiary alicyclic amines) is 1. The number of carbonyl (C=O) groups is 1. The Morgan fingerprint density at radius 3 is 2.67 bits per heavy atom. The number of piperidine rings is 1. The number of aromatic nitrogens is 1. The van der Waals surface area contributed by atoms with Crippen molar-refractivity contribution in [3.8, 4) is 0 Å². The predicted octanol–water partition coefficient (Wildman–Crippen LogP) is 2.49. The van der Waals surface area contributed by atoms with Crippen molar-refractivity contribution in [3.05, 3.63) is 29.6 Å². The quantitative estimate of drug-likeness (QED) is 0.847. The van der Waals surface area contributed by atoms with Gasteiger partial charge in [0.05, 0.1) is 5.56 Å². The molecule has 1 N–H and O–H groups in total. The van der Waals surface area contributed by atoms with E-state index < -0.39 is 0 Å². The number of nitrogens with zero attached hydrogens (tertiary/aromatic N) is 2. The topological polar surface area (TPSA) is 45.2 Å². The fraction of sp³-hybridized carbons (Fsp3) is 0.647. The largest absolute Gasteiger partial charge is 0.352 e. The number of nitrogens with one attached hydrogen (secondary N) is 1. The molecule has 1 aliphatic rings. The molecule has 116 valence electrons. The summed E-state index contributed by atoms with van der Waals surface area (Å²) >= 11 is 0. The molecule has 21 heavy (non-hydrogen) atoms. The molecule has 2 atom stereocenters. The minimum absolute atomic E-state index is 0.0251. The van der Waals surface area contributed by atoms with E-state index in [9.17, 15) is 4.79 Å². The third kappa shape index (κ3) is 5.12. The highest BCUT2D eigenvalue weighted by atomic mass is 16.1. The van der Waals surface area contributed by atoms with Gasteiger partial charge in [0.15, 0.2) is 0 Å². The SMILES string of the molecule is Cc1ccc(C(=O)NCCCN2CC(C)CC(C)C2)cn1. The maximum atomic E-state index is 11.9. The Hall–Kier alpha value is -1.42. The van der Waals surface area contributed by atoms with Gasteiger partial charge in [-0.25, -0.2) is 0 Å². The molecule has 2 unspecified atom stereocenters. The molecule has 1 aromatic heterocycles. The van der Waals surface area contributed by atoms with Crippen LogP contribution in [0.4, 0.5) is 0 Å². The van der Waals surface area contributed by atoms with Crippen LogP contribution >= 0.6 is 0 Å². The highest BCUT2D eigenvalue weighted by Crippen LogP contribution is 2.20. The van der Waals surface area contributed by atoms with E-state index >= 15 is 0 Å². The van der Waals surface area contributed by atoms with Gasteiger partial charge in [-0.1, -0.05) is 13.8 Å². The zero-order chi connectivity index (χ0) is 15.2. The molecular formula is C17H27N3O. The summed E-state index contributed by atoms with van der Waals surface area (Å²) in [4.78, 5) is 18.6. The molecule has 0 spiro atoms. The first-order valence-electron chi connectivity index (χ1n) is 7.98. The van der Waals surface area contributed by atoms with Crippen molar-refractivity contribution >= 4 is 5.91 Å². The summed E-state index contributed by atoms with van der Waals surface area (Å²) in [5.74, 6) is 1.56. The molecule has 0 saturated carbocycles. The van der Waals surface area contributed by atoms with E-state index in [2.05, 4.69) is 29.0 Å². The van der Waals surface area contributed by atoms with Gasteiger partial charge in [0, 0.05) is 31.5 Å². The molecule has 2 heterocycles. The van der Waals surface area contributed by atoms with Crippen LogP contribution in [0.1, 0.15) is 42.7 Å². The van der Waals surface area contributed by atoms with E-state index in [4.69, 9.17) is 0 Å². The molecule has 0 bridgehead atoms. The van der Waals surface area contributed by atoms with Crippen LogP contribution in [0, 0.1) is 18.8 Å². The van der Waals surface area contributed by atoms with Crippen molar-refractivity contribution < 1.29 is 4.79 Å². The van der Waals surface area contributed by atoms with Crippen LogP contribution in [0.5, 0.6) is 0 Å². The van der Waals surface area contributed by atoms with Gasteiger partial charge < -0.3 is 10.2 Å². The molecule has 1 saturated heterocycles. The smallest absolute Gasteiger partial charge is 0.252 e. The van der Waals surface area contributed by atoms with E-state index in [0.717, 1.165) is 37.0 Å². The van der Waals surface area contributed by atoms with Crippen LogP contribution in [0.3, 0.4) is 0 Å². The lowest BCUT2D eigenvalue weighted by atomic mass is 9.92. The number of pyridine rings is 1. The van der Waals surface area contributed by atoms with Gasteiger partial charge in [-0.05, 0) is 50.3 Å². The molecule has 1 amide bonds. The third-order valence-electron chi connectivity index (χ3n) is 4.05. The molecule has 1 aliphatic heterocycles. The van der Waals surface area contributed by atoms with Crippen LogP contribution in [-0.2, 0) is 0 Å². The van der Waals surface area contributed by atoms with Gasteiger partial charge in [0.2, 0.25) is 0 Å². The fourth-order valence-electron chi connectivity index (χ4n) is 3.18. The van der Waals surface area contributed by atoms with E-state index in [1.807, 2.05) is 19.1 Å². The van der Waals surface area contributed by atoms with Crippen molar-refractivity contribution in [1.82, 2.24) is 15.2 Å². The van der Waals surface area contributed by atoms with Crippen LogP contribution in [-0.4, -0.2) is 42.0 Å². The Bertz CT molecular complexity index is 448. The van der Waals surface area contributed by atoms with Crippen LogP contribution < -0.4 is 5.32 Å². The first-order chi connectivity index (χ1) is 10.0. The van der Waals surface area contributed by atoms with Gasteiger partial charge >= 0.3 is 0 Å². The zero-order valence-corrected chi connectivity index (χ0v) is 13.4. The number of hydrogen-bond acceptors (Lipinski definition) is 3. The Balaban J connectivity index is 1.67. The Morgan fingerprint density at radius 2 is 2.05 bits per heavy atom. The molecule has 1 fully saturated rings. The zero-order valence-electron chi connectivity index (χ0n) is 13.4. The summed E-state index contributed by atoms with van der Waals surface area (Å²) in [6.07, 6.45) is 3.98. The van der Waals surface area contributed by atoms with Crippen molar-refractivity contribution in [1.29, 1.82) is 0 Å². The number of hydrogen-bond donors (Lipinski definition) is 1. The maximum absolute atomic E-state index is 11.9. The Labute approximate surface area is 127 Å². The number of rotatable bonds is 5. The van der Waals surface area contributed by atoms with Crippen molar-refractivity contribution in [2.45, 2.75) is 33.6 Å². The number of aryl methyl sites for hydroxylation is 1. The predicted molar refractivity (Wildman–Crippen MR) is 85.3 cm³/mol. The van der Waals surface area contributed by atoms with Gasteiger partial charge in [-0.15, -0.1) is 0 Å². The maximum Gasteiger partial charge on any atom is 0.252 e. The third-order valence-corrected chi connectivity index (χ3v) is 4.05. The standard InChI is InChI=1S/C17H27N3O/c1-13-9-14(2)12-20(11-13)8-4-7-18-17(21)16-6-5-15(3)19-10-16/h5-6,10,13-14H,4,7-9,11-12H2,1-3H3,(H,18,21). The molecule has 0 aliphatic carbocycles. The normalized spacial score (nSPS) is 23.0. The summed E-state index contributed by atoms with van der Waals surface area (Å²) in [5, 5.41) is 2.97. The molecule has 1 aromatic rings. The molecular weight excluding hydrogens is 262 g/mol. The van der Waals surface area contributed by atoms with Crippen LogP contribution in [0.2, 0.25) is 0 Å². The lowest BCUT2D eigenvalue weighted by molar-refractivity contribution is 0.0947. The summed E-state index contributed by atoms with van der Waals surface area (Å²) in [7, 11) is 0. The fourth-order valence-corrected chi connectivity index (χ4v) is 3.18. The molecule has 4 nitrogen and oxygen atoms in total. The summed E-state index contributed by atoms with van der Waals surface area (Å²) in [5.41, 5.74) is 1.57. The minimum Gasteiger partial charge on any atom is -0.352 e. The van der Waals surface area contributed by atoms with Crippen LogP contribution in [0.15, 0.2) is 18.3 Å². The second kappa shape index (κ2) is 7.55.